The second-order valence-electron chi connectivity index (χ2n) is 4.47. The molecule has 0 bridgehead atoms. The molecule has 0 spiro atoms. The molecule has 2 aromatic carbocycles. The van der Waals surface area contributed by atoms with E-state index in [4.69, 9.17) is 5.73 Å². The van der Waals surface area contributed by atoms with E-state index in [9.17, 15) is 4.79 Å². The first kappa shape index (κ1) is 14.0. The van der Waals surface area contributed by atoms with E-state index in [1.54, 1.807) is 0 Å². The van der Waals surface area contributed by atoms with E-state index in [0.29, 0.717) is 6.54 Å². The highest BCUT2D eigenvalue weighted by Crippen LogP contribution is 2.11. The monoisotopic (exact) mass is 266 g/mol. The van der Waals surface area contributed by atoms with Gasteiger partial charge in [0.15, 0.2) is 0 Å². The number of nitrogens with two attached hydrogens (primary N) is 1. The minimum Gasteiger partial charge on any atom is -0.368 e. The van der Waals surface area contributed by atoms with Gasteiger partial charge in [0.25, 0.3) is 0 Å². The van der Waals surface area contributed by atoms with Crippen molar-refractivity contribution in [1.29, 1.82) is 0 Å². The first-order valence-electron chi connectivity index (χ1n) is 6.56. The van der Waals surface area contributed by atoms with Gasteiger partial charge in [-0.1, -0.05) is 72.8 Å². The Balaban J connectivity index is 1.94. The van der Waals surface area contributed by atoms with Crippen LogP contribution in [0.3, 0.4) is 0 Å². The normalized spacial score (nSPS) is 12.4. The molecule has 2 aromatic rings. The van der Waals surface area contributed by atoms with Crippen LogP contribution in [0.1, 0.15) is 17.2 Å². The van der Waals surface area contributed by atoms with Crippen LogP contribution in [-0.4, -0.2) is 12.5 Å². The Labute approximate surface area is 119 Å². The van der Waals surface area contributed by atoms with Gasteiger partial charge in [0.2, 0.25) is 5.91 Å². The van der Waals surface area contributed by atoms with Gasteiger partial charge in [-0.25, -0.2) is 0 Å². The Bertz CT molecular complexity index is 564. The minimum atomic E-state index is -0.461. The summed E-state index contributed by atoms with van der Waals surface area (Å²) in [5.41, 5.74) is 7.45. The molecule has 0 radical (unpaired) electrons. The predicted molar refractivity (Wildman–Crippen MR) is 81.9 cm³/mol. The Morgan fingerprint density at radius 2 is 1.65 bits per heavy atom. The van der Waals surface area contributed by atoms with Gasteiger partial charge in [0.1, 0.15) is 6.04 Å². The SMILES string of the molecule is NC(=O)[C@H](NC/C=C/c1ccccc1)c1ccccc1. The molecule has 0 fully saturated rings. The van der Waals surface area contributed by atoms with E-state index in [1.165, 1.54) is 0 Å². The van der Waals surface area contributed by atoms with E-state index in [0.717, 1.165) is 11.1 Å². The maximum absolute atomic E-state index is 11.5. The van der Waals surface area contributed by atoms with E-state index in [1.807, 2.05) is 72.8 Å². The average molecular weight is 266 g/mol. The predicted octanol–water partition coefficient (Wildman–Crippen LogP) is 2.52. The summed E-state index contributed by atoms with van der Waals surface area (Å²) in [6.07, 6.45) is 3.99. The van der Waals surface area contributed by atoms with Gasteiger partial charge >= 0.3 is 0 Å². The first-order valence-corrected chi connectivity index (χ1v) is 6.56. The van der Waals surface area contributed by atoms with Crippen molar-refractivity contribution in [2.24, 2.45) is 5.73 Å². The summed E-state index contributed by atoms with van der Waals surface area (Å²) in [4.78, 5) is 11.5. The quantitative estimate of drug-likeness (QED) is 0.844. The molecule has 0 unspecified atom stereocenters. The molecule has 0 saturated heterocycles. The van der Waals surface area contributed by atoms with Crippen LogP contribution in [0.4, 0.5) is 0 Å². The van der Waals surface area contributed by atoms with Gasteiger partial charge in [-0.2, -0.15) is 0 Å². The van der Waals surface area contributed by atoms with Crippen molar-refractivity contribution < 1.29 is 4.79 Å². The van der Waals surface area contributed by atoms with Gasteiger partial charge in [-0.15, -0.1) is 0 Å². The van der Waals surface area contributed by atoms with E-state index in [-0.39, 0.29) is 5.91 Å². The lowest BCUT2D eigenvalue weighted by Gasteiger charge is -2.14. The Morgan fingerprint density at radius 1 is 1.05 bits per heavy atom. The highest BCUT2D eigenvalue weighted by atomic mass is 16.1. The maximum atomic E-state index is 11.5. The number of nitrogens with one attached hydrogen (secondary N) is 1. The molecule has 0 aromatic heterocycles. The summed E-state index contributed by atoms with van der Waals surface area (Å²) in [7, 11) is 0. The Morgan fingerprint density at radius 3 is 2.25 bits per heavy atom. The number of hydrogen-bond donors (Lipinski definition) is 2. The third-order valence-corrected chi connectivity index (χ3v) is 2.97. The lowest BCUT2D eigenvalue weighted by Crippen LogP contribution is -2.33. The maximum Gasteiger partial charge on any atom is 0.239 e. The number of rotatable bonds is 6. The van der Waals surface area contributed by atoms with Crippen LogP contribution in [-0.2, 0) is 4.79 Å². The zero-order chi connectivity index (χ0) is 14.2. The van der Waals surface area contributed by atoms with Crippen LogP contribution in [0.25, 0.3) is 6.08 Å². The summed E-state index contributed by atoms with van der Waals surface area (Å²) in [5.74, 6) is -0.371. The minimum absolute atomic E-state index is 0.371. The summed E-state index contributed by atoms with van der Waals surface area (Å²) in [6.45, 7) is 0.581. The molecule has 1 amide bonds. The molecular formula is C17H18N2O. The first-order chi connectivity index (χ1) is 9.77. The van der Waals surface area contributed by atoms with Crippen LogP contribution < -0.4 is 11.1 Å². The summed E-state index contributed by atoms with van der Waals surface area (Å²) < 4.78 is 0. The molecule has 102 valence electrons. The number of carbonyl (C=O) groups excluding carboxylic acids is 1. The topological polar surface area (TPSA) is 55.1 Å². The fraction of sp³-hybridized carbons (Fsp3) is 0.118. The Hall–Kier alpha value is -2.39. The fourth-order valence-corrected chi connectivity index (χ4v) is 1.97. The molecule has 20 heavy (non-hydrogen) atoms. The zero-order valence-corrected chi connectivity index (χ0v) is 11.2. The molecule has 1 atom stereocenters. The largest absolute Gasteiger partial charge is 0.368 e. The third kappa shape index (κ3) is 4.07. The molecule has 3 N–H and O–H groups in total. The summed E-state index contributed by atoms with van der Waals surface area (Å²) in [5, 5.41) is 3.14. The van der Waals surface area contributed by atoms with Crippen molar-refractivity contribution in [3.8, 4) is 0 Å². The number of primary amides is 1. The van der Waals surface area contributed by atoms with Crippen molar-refractivity contribution in [2.75, 3.05) is 6.54 Å². The summed E-state index contributed by atoms with van der Waals surface area (Å²) >= 11 is 0. The number of amides is 1. The molecule has 0 aliphatic carbocycles. The van der Waals surface area contributed by atoms with Crippen molar-refractivity contribution in [1.82, 2.24) is 5.32 Å². The van der Waals surface area contributed by atoms with Crippen molar-refractivity contribution in [2.45, 2.75) is 6.04 Å². The highest BCUT2D eigenvalue weighted by molar-refractivity contribution is 5.81. The number of benzene rings is 2. The van der Waals surface area contributed by atoms with Gasteiger partial charge in [0.05, 0.1) is 0 Å². The second-order valence-corrected chi connectivity index (χ2v) is 4.47. The fourth-order valence-electron chi connectivity index (χ4n) is 1.97. The molecule has 0 aliphatic rings. The smallest absolute Gasteiger partial charge is 0.239 e. The molecule has 0 saturated carbocycles. The molecule has 2 rings (SSSR count). The molecule has 3 heteroatoms. The van der Waals surface area contributed by atoms with E-state index >= 15 is 0 Å². The summed E-state index contributed by atoms with van der Waals surface area (Å²) in [6, 6.07) is 19.0. The second kappa shape index (κ2) is 7.26. The van der Waals surface area contributed by atoms with Crippen LogP contribution in [0.2, 0.25) is 0 Å². The molecule has 3 nitrogen and oxygen atoms in total. The van der Waals surface area contributed by atoms with Crippen molar-refractivity contribution in [3.63, 3.8) is 0 Å². The van der Waals surface area contributed by atoms with Gasteiger partial charge in [-0.05, 0) is 11.1 Å². The zero-order valence-electron chi connectivity index (χ0n) is 11.2. The standard InChI is InChI=1S/C17H18N2O/c18-17(20)16(15-11-5-2-6-12-15)19-13-7-10-14-8-3-1-4-9-14/h1-12,16,19H,13H2,(H2,18,20)/b10-7+/t16-/m1/s1. The van der Waals surface area contributed by atoms with Crippen molar-refractivity contribution in [3.05, 3.63) is 77.9 Å². The van der Waals surface area contributed by atoms with Crippen molar-refractivity contribution >= 4 is 12.0 Å². The third-order valence-electron chi connectivity index (χ3n) is 2.97. The Kier molecular flexibility index (Phi) is 5.09. The lowest BCUT2D eigenvalue weighted by molar-refractivity contribution is -0.120. The molecular weight excluding hydrogens is 248 g/mol. The number of hydrogen-bond acceptors (Lipinski definition) is 2. The van der Waals surface area contributed by atoms with Gasteiger partial charge in [-0.3, -0.25) is 10.1 Å². The van der Waals surface area contributed by atoms with Crippen LogP contribution in [0.5, 0.6) is 0 Å². The van der Waals surface area contributed by atoms with Crippen LogP contribution in [0.15, 0.2) is 66.7 Å². The van der Waals surface area contributed by atoms with Gasteiger partial charge in [0, 0.05) is 6.54 Å². The molecule has 0 heterocycles. The van der Waals surface area contributed by atoms with Gasteiger partial charge < -0.3 is 5.73 Å². The number of carbonyl (C=O) groups is 1. The highest BCUT2D eigenvalue weighted by Gasteiger charge is 2.15. The lowest BCUT2D eigenvalue weighted by atomic mass is 10.1. The van der Waals surface area contributed by atoms with E-state index < -0.39 is 6.04 Å². The van der Waals surface area contributed by atoms with E-state index in [2.05, 4.69) is 5.32 Å². The van der Waals surface area contributed by atoms with Crippen LogP contribution in [0, 0.1) is 0 Å². The average Bonchev–Trinajstić information content (AvgIpc) is 2.49. The van der Waals surface area contributed by atoms with Crippen LogP contribution >= 0.6 is 0 Å². The molecule has 0 aliphatic heterocycles.